The van der Waals surface area contributed by atoms with Gasteiger partial charge in [-0.2, -0.15) is 5.10 Å². The van der Waals surface area contributed by atoms with Gasteiger partial charge in [0.25, 0.3) is 0 Å². The molecule has 0 saturated heterocycles. The van der Waals surface area contributed by atoms with E-state index in [1.807, 2.05) is 49.4 Å². The van der Waals surface area contributed by atoms with Crippen molar-refractivity contribution >= 4 is 34.1 Å². The molecule has 0 unspecified atom stereocenters. The summed E-state index contributed by atoms with van der Waals surface area (Å²) >= 11 is 6.55. The molecule has 146 valence electrons. The van der Waals surface area contributed by atoms with Gasteiger partial charge in [-0.15, -0.1) is 0 Å². The number of carbonyl (C=O) groups is 1. The number of fused-ring (bicyclic) bond motifs is 2. The zero-order valence-electron chi connectivity index (χ0n) is 16.0. The van der Waals surface area contributed by atoms with Gasteiger partial charge in [0.2, 0.25) is 12.7 Å². The Morgan fingerprint density at radius 1 is 1.14 bits per heavy atom. The molecule has 1 amide bonds. The first-order chi connectivity index (χ1) is 14.0. The van der Waals surface area contributed by atoms with Crippen molar-refractivity contribution in [3.63, 3.8) is 0 Å². The Labute approximate surface area is 172 Å². The number of ether oxygens (including phenoxy) is 2. The molecule has 29 heavy (non-hydrogen) atoms. The number of hydrazone groups is 1. The van der Waals surface area contributed by atoms with Crippen LogP contribution in [0.3, 0.4) is 0 Å². The molecule has 0 spiro atoms. The average molecular weight is 408 g/mol. The molecule has 0 bridgehead atoms. The Kier molecular flexibility index (Phi) is 4.17. The van der Waals surface area contributed by atoms with Crippen LogP contribution in [0.4, 0.5) is 0 Å². The first kappa shape index (κ1) is 17.9. The summed E-state index contributed by atoms with van der Waals surface area (Å²) in [6.07, 6.45) is 0.570. The van der Waals surface area contributed by atoms with E-state index in [0.717, 1.165) is 27.7 Å². The molecular formula is C22H18ClN3O3. The molecule has 7 heteroatoms. The van der Waals surface area contributed by atoms with Gasteiger partial charge in [0.15, 0.2) is 11.5 Å². The van der Waals surface area contributed by atoms with Crippen LogP contribution in [-0.2, 0) is 4.79 Å². The molecule has 0 saturated carbocycles. The van der Waals surface area contributed by atoms with E-state index < -0.39 is 0 Å². The van der Waals surface area contributed by atoms with Gasteiger partial charge in [-0.3, -0.25) is 4.79 Å². The van der Waals surface area contributed by atoms with Crippen LogP contribution in [0, 0.1) is 6.92 Å². The molecule has 3 aromatic rings. The fourth-order valence-electron chi connectivity index (χ4n) is 3.75. The van der Waals surface area contributed by atoms with Crippen molar-refractivity contribution in [3.05, 3.63) is 64.3 Å². The van der Waals surface area contributed by atoms with Crippen LogP contribution in [0.2, 0.25) is 5.15 Å². The predicted octanol–water partition coefficient (Wildman–Crippen LogP) is 4.62. The lowest BCUT2D eigenvalue weighted by Crippen LogP contribution is -2.24. The van der Waals surface area contributed by atoms with Gasteiger partial charge in [0, 0.05) is 30.4 Å². The molecule has 3 heterocycles. The second-order valence-electron chi connectivity index (χ2n) is 7.26. The molecule has 2 aliphatic heterocycles. The smallest absolute Gasteiger partial charge is 0.240 e. The maximum absolute atomic E-state index is 12.3. The SMILES string of the molecule is CC(=O)N1N=C(c2ccc(C)cc2)C[C@@H]1c1cc2cc3c(cc2nc1Cl)OCO3. The lowest BCUT2D eigenvalue weighted by atomic mass is 9.98. The summed E-state index contributed by atoms with van der Waals surface area (Å²) in [5.74, 6) is 1.20. The van der Waals surface area contributed by atoms with Crippen molar-refractivity contribution in [2.24, 2.45) is 5.10 Å². The summed E-state index contributed by atoms with van der Waals surface area (Å²) in [6, 6.07) is 13.5. The van der Waals surface area contributed by atoms with Crippen LogP contribution in [0.1, 0.15) is 36.1 Å². The predicted molar refractivity (Wildman–Crippen MR) is 110 cm³/mol. The lowest BCUT2D eigenvalue weighted by molar-refractivity contribution is -0.130. The largest absolute Gasteiger partial charge is 0.454 e. The molecular weight excluding hydrogens is 390 g/mol. The van der Waals surface area contributed by atoms with Gasteiger partial charge >= 0.3 is 0 Å². The Hall–Kier alpha value is -3.12. The molecule has 0 aliphatic carbocycles. The maximum atomic E-state index is 12.3. The van der Waals surface area contributed by atoms with Gasteiger partial charge in [0.05, 0.1) is 17.3 Å². The second-order valence-corrected chi connectivity index (χ2v) is 7.62. The fraction of sp³-hybridized carbons (Fsp3) is 0.227. The monoisotopic (exact) mass is 407 g/mol. The minimum atomic E-state index is -0.307. The standard InChI is InChI=1S/C22H18ClN3O3/c1-12-3-5-14(6-4-12)18-9-19(26(25-18)13(2)27)16-7-15-8-20-21(29-11-28-20)10-17(15)24-22(16)23/h3-8,10,19H,9,11H2,1-2H3/t19-/m1/s1. The third-order valence-corrected chi connectivity index (χ3v) is 5.57. The van der Waals surface area contributed by atoms with Crippen LogP contribution in [0.25, 0.3) is 10.9 Å². The molecule has 2 aliphatic rings. The zero-order valence-corrected chi connectivity index (χ0v) is 16.7. The topological polar surface area (TPSA) is 64.0 Å². The highest BCUT2D eigenvalue weighted by atomic mass is 35.5. The van der Waals surface area contributed by atoms with Gasteiger partial charge < -0.3 is 9.47 Å². The van der Waals surface area contributed by atoms with Crippen molar-refractivity contribution in [1.82, 2.24) is 9.99 Å². The number of rotatable bonds is 2. The second kappa shape index (κ2) is 6.74. The Balaban J connectivity index is 1.56. The first-order valence-electron chi connectivity index (χ1n) is 9.34. The van der Waals surface area contributed by atoms with E-state index in [-0.39, 0.29) is 18.7 Å². The van der Waals surface area contributed by atoms with Crippen molar-refractivity contribution in [3.8, 4) is 11.5 Å². The number of benzene rings is 2. The quantitative estimate of drug-likeness (QED) is 0.581. The van der Waals surface area contributed by atoms with Crippen LogP contribution in [0.5, 0.6) is 11.5 Å². The molecule has 6 nitrogen and oxygen atoms in total. The molecule has 1 atom stereocenters. The third-order valence-electron chi connectivity index (χ3n) is 5.27. The minimum Gasteiger partial charge on any atom is -0.454 e. The van der Waals surface area contributed by atoms with E-state index in [9.17, 15) is 4.79 Å². The van der Waals surface area contributed by atoms with Gasteiger partial charge in [-0.25, -0.2) is 9.99 Å². The van der Waals surface area contributed by atoms with Crippen molar-refractivity contribution in [2.75, 3.05) is 6.79 Å². The molecule has 0 fully saturated rings. The van der Waals surface area contributed by atoms with Crippen LogP contribution in [0.15, 0.2) is 47.6 Å². The Bertz CT molecular complexity index is 1170. The Morgan fingerprint density at radius 3 is 2.59 bits per heavy atom. The summed E-state index contributed by atoms with van der Waals surface area (Å²) in [6.45, 7) is 3.74. The summed E-state index contributed by atoms with van der Waals surface area (Å²) < 4.78 is 10.9. The highest BCUT2D eigenvalue weighted by molar-refractivity contribution is 6.30. The molecule has 0 radical (unpaired) electrons. The molecule has 2 aromatic carbocycles. The number of amides is 1. The number of halogens is 1. The lowest BCUT2D eigenvalue weighted by Gasteiger charge is -2.21. The zero-order chi connectivity index (χ0) is 20.1. The first-order valence-corrected chi connectivity index (χ1v) is 9.71. The average Bonchev–Trinajstić information content (AvgIpc) is 3.33. The van der Waals surface area contributed by atoms with Crippen molar-refractivity contribution < 1.29 is 14.3 Å². The van der Waals surface area contributed by atoms with E-state index in [0.29, 0.717) is 23.1 Å². The van der Waals surface area contributed by atoms with Crippen molar-refractivity contribution in [1.29, 1.82) is 0 Å². The Morgan fingerprint density at radius 2 is 1.86 bits per heavy atom. The number of aryl methyl sites for hydroxylation is 1. The van der Waals surface area contributed by atoms with Gasteiger partial charge in [-0.05, 0) is 24.6 Å². The van der Waals surface area contributed by atoms with E-state index in [2.05, 4.69) is 10.1 Å². The van der Waals surface area contributed by atoms with Gasteiger partial charge in [-0.1, -0.05) is 41.4 Å². The van der Waals surface area contributed by atoms with Crippen LogP contribution < -0.4 is 9.47 Å². The van der Waals surface area contributed by atoms with Crippen molar-refractivity contribution in [2.45, 2.75) is 26.3 Å². The van der Waals surface area contributed by atoms with E-state index in [1.165, 1.54) is 17.5 Å². The maximum Gasteiger partial charge on any atom is 0.240 e. The number of aromatic nitrogens is 1. The molecule has 5 rings (SSSR count). The van der Waals surface area contributed by atoms with E-state index in [1.54, 1.807) is 0 Å². The number of pyridine rings is 1. The normalized spacial score (nSPS) is 17.7. The number of nitrogens with zero attached hydrogens (tertiary/aromatic N) is 3. The third kappa shape index (κ3) is 3.09. The van der Waals surface area contributed by atoms with Crippen LogP contribution >= 0.6 is 11.6 Å². The highest BCUT2D eigenvalue weighted by Gasteiger charge is 2.33. The van der Waals surface area contributed by atoms with Gasteiger partial charge in [0.1, 0.15) is 5.15 Å². The summed E-state index contributed by atoms with van der Waals surface area (Å²) in [7, 11) is 0. The van der Waals surface area contributed by atoms with E-state index >= 15 is 0 Å². The molecule has 1 aromatic heterocycles. The summed E-state index contributed by atoms with van der Waals surface area (Å²) in [5, 5.41) is 7.32. The summed E-state index contributed by atoms with van der Waals surface area (Å²) in [4.78, 5) is 16.8. The number of hydrogen-bond acceptors (Lipinski definition) is 5. The number of carbonyl (C=O) groups excluding carboxylic acids is 1. The van der Waals surface area contributed by atoms with E-state index in [4.69, 9.17) is 21.1 Å². The number of hydrogen-bond donors (Lipinski definition) is 0. The summed E-state index contributed by atoms with van der Waals surface area (Å²) in [5.41, 5.74) is 4.51. The minimum absolute atomic E-state index is 0.140. The van der Waals surface area contributed by atoms with Crippen LogP contribution in [-0.4, -0.2) is 28.4 Å². The highest BCUT2D eigenvalue weighted by Crippen LogP contribution is 2.40. The molecule has 0 N–H and O–H groups in total. The fourth-order valence-corrected chi connectivity index (χ4v) is 4.03.